The van der Waals surface area contributed by atoms with Crippen molar-refractivity contribution in [3.63, 3.8) is 0 Å². The lowest BCUT2D eigenvalue weighted by molar-refractivity contribution is -0.113. The molecule has 136 valence electrons. The van der Waals surface area contributed by atoms with Crippen LogP contribution in [0.4, 0.5) is 5.69 Å². The van der Waals surface area contributed by atoms with E-state index in [-0.39, 0.29) is 11.6 Å². The Labute approximate surface area is 165 Å². The van der Waals surface area contributed by atoms with Crippen molar-refractivity contribution in [2.24, 2.45) is 0 Å². The van der Waals surface area contributed by atoms with E-state index >= 15 is 0 Å². The molecule has 5 nitrogen and oxygen atoms in total. The zero-order valence-electron chi connectivity index (χ0n) is 14.5. The van der Waals surface area contributed by atoms with Gasteiger partial charge in [-0.05, 0) is 64.8 Å². The molecule has 2 N–H and O–H groups in total. The Bertz CT molecular complexity index is 980. The van der Waals surface area contributed by atoms with E-state index in [2.05, 4.69) is 26.6 Å². The molecule has 0 aliphatic rings. The third-order valence-electron chi connectivity index (χ3n) is 3.73. The van der Waals surface area contributed by atoms with E-state index < -0.39 is 5.91 Å². The summed E-state index contributed by atoms with van der Waals surface area (Å²) in [6.07, 6.45) is 2.98. The molecule has 1 aromatic heterocycles. The Hall–Kier alpha value is -3.12. The molecule has 2 aromatic carbocycles. The van der Waals surface area contributed by atoms with Gasteiger partial charge in [0.05, 0.1) is 12.0 Å². The van der Waals surface area contributed by atoms with Gasteiger partial charge in [0.15, 0.2) is 0 Å². The van der Waals surface area contributed by atoms with Crippen molar-refractivity contribution in [3.8, 4) is 0 Å². The molecular weight excluding hydrogens is 408 g/mol. The van der Waals surface area contributed by atoms with Gasteiger partial charge >= 0.3 is 0 Å². The lowest BCUT2D eigenvalue weighted by Crippen LogP contribution is -2.30. The van der Waals surface area contributed by atoms with Crippen molar-refractivity contribution in [1.82, 2.24) is 5.32 Å². The minimum Gasteiger partial charge on any atom is -0.465 e. The fourth-order valence-electron chi connectivity index (χ4n) is 2.37. The fraction of sp³-hybridized carbons (Fsp3) is 0.0476. The van der Waals surface area contributed by atoms with E-state index in [0.717, 1.165) is 10.0 Å². The SMILES string of the molecule is Cc1ccc(NC(=O)/C(=C/c2ccco2)NC(=O)c2ccccc2)c(Br)c1. The van der Waals surface area contributed by atoms with Gasteiger partial charge in [0, 0.05) is 16.1 Å². The average molecular weight is 425 g/mol. The van der Waals surface area contributed by atoms with E-state index in [1.54, 1.807) is 42.5 Å². The van der Waals surface area contributed by atoms with Crippen LogP contribution in [0.5, 0.6) is 0 Å². The highest BCUT2D eigenvalue weighted by Crippen LogP contribution is 2.24. The molecule has 0 aliphatic heterocycles. The first-order valence-electron chi connectivity index (χ1n) is 8.22. The number of benzene rings is 2. The predicted molar refractivity (Wildman–Crippen MR) is 108 cm³/mol. The predicted octanol–water partition coefficient (Wildman–Crippen LogP) is 4.76. The van der Waals surface area contributed by atoms with Crippen molar-refractivity contribution in [2.75, 3.05) is 5.32 Å². The van der Waals surface area contributed by atoms with Crippen LogP contribution in [-0.2, 0) is 4.79 Å². The minimum absolute atomic E-state index is 0.0753. The van der Waals surface area contributed by atoms with Crippen LogP contribution in [-0.4, -0.2) is 11.8 Å². The number of aryl methyl sites for hydroxylation is 1. The highest BCUT2D eigenvalue weighted by Gasteiger charge is 2.16. The molecule has 0 atom stereocenters. The maximum Gasteiger partial charge on any atom is 0.272 e. The molecule has 3 aromatic rings. The number of hydrogen-bond donors (Lipinski definition) is 2. The lowest BCUT2D eigenvalue weighted by atomic mass is 10.2. The standard InChI is InChI=1S/C21H17BrN2O3/c1-14-9-10-18(17(22)12-14)23-21(26)19(13-16-8-5-11-27-16)24-20(25)15-6-3-2-4-7-15/h2-13H,1H3,(H,23,26)(H,24,25)/b19-13-. The number of carbonyl (C=O) groups excluding carboxylic acids is 2. The molecule has 0 saturated heterocycles. The van der Waals surface area contributed by atoms with Gasteiger partial charge in [-0.25, -0.2) is 0 Å². The van der Waals surface area contributed by atoms with Gasteiger partial charge in [-0.2, -0.15) is 0 Å². The van der Waals surface area contributed by atoms with Gasteiger partial charge in [-0.3, -0.25) is 9.59 Å². The van der Waals surface area contributed by atoms with Gasteiger partial charge in [-0.15, -0.1) is 0 Å². The number of anilines is 1. The van der Waals surface area contributed by atoms with E-state index in [4.69, 9.17) is 4.42 Å². The second-order valence-electron chi connectivity index (χ2n) is 5.83. The highest BCUT2D eigenvalue weighted by molar-refractivity contribution is 9.10. The third-order valence-corrected chi connectivity index (χ3v) is 4.39. The number of hydrogen-bond acceptors (Lipinski definition) is 3. The molecule has 6 heteroatoms. The molecule has 0 radical (unpaired) electrons. The van der Waals surface area contributed by atoms with Crippen molar-refractivity contribution in [3.05, 3.63) is 94.0 Å². The van der Waals surface area contributed by atoms with Crippen molar-refractivity contribution in [2.45, 2.75) is 6.92 Å². The topological polar surface area (TPSA) is 71.3 Å². The Kier molecular flexibility index (Phi) is 5.88. The summed E-state index contributed by atoms with van der Waals surface area (Å²) in [5, 5.41) is 5.45. The molecule has 2 amide bonds. The summed E-state index contributed by atoms with van der Waals surface area (Å²) in [6, 6.07) is 17.7. The summed E-state index contributed by atoms with van der Waals surface area (Å²) in [7, 11) is 0. The maximum absolute atomic E-state index is 12.8. The normalized spacial score (nSPS) is 11.1. The molecule has 0 aliphatic carbocycles. The van der Waals surface area contributed by atoms with Crippen LogP contribution in [0.15, 0.2) is 81.5 Å². The van der Waals surface area contributed by atoms with Gasteiger partial charge in [0.1, 0.15) is 11.5 Å². The largest absolute Gasteiger partial charge is 0.465 e. The summed E-state index contributed by atoms with van der Waals surface area (Å²) >= 11 is 3.43. The molecular formula is C21H17BrN2O3. The number of carbonyl (C=O) groups is 2. The lowest BCUT2D eigenvalue weighted by Gasteiger charge is -2.12. The summed E-state index contributed by atoms with van der Waals surface area (Å²) in [6.45, 7) is 1.96. The van der Waals surface area contributed by atoms with E-state index in [1.807, 2.05) is 25.1 Å². The molecule has 0 saturated carbocycles. The molecule has 27 heavy (non-hydrogen) atoms. The first-order valence-corrected chi connectivity index (χ1v) is 9.01. The number of amides is 2. The van der Waals surface area contributed by atoms with E-state index in [9.17, 15) is 9.59 Å². The van der Waals surface area contributed by atoms with Gasteiger partial charge in [0.2, 0.25) is 0 Å². The van der Waals surface area contributed by atoms with Crippen LogP contribution in [0, 0.1) is 6.92 Å². The highest BCUT2D eigenvalue weighted by atomic mass is 79.9. The molecule has 1 heterocycles. The minimum atomic E-state index is -0.458. The van der Waals surface area contributed by atoms with Crippen LogP contribution in [0.25, 0.3) is 6.08 Å². The average Bonchev–Trinajstić information content (AvgIpc) is 3.17. The summed E-state index contributed by atoms with van der Waals surface area (Å²) in [5.74, 6) is -0.386. The van der Waals surface area contributed by atoms with Gasteiger partial charge < -0.3 is 15.1 Å². The van der Waals surface area contributed by atoms with Crippen LogP contribution >= 0.6 is 15.9 Å². The first kappa shape index (κ1) is 18.7. The monoisotopic (exact) mass is 424 g/mol. The second-order valence-corrected chi connectivity index (χ2v) is 6.69. The maximum atomic E-state index is 12.8. The molecule has 3 rings (SSSR count). The summed E-state index contributed by atoms with van der Waals surface area (Å²) < 4.78 is 6.03. The Morgan fingerprint density at radius 3 is 2.48 bits per heavy atom. The number of nitrogens with one attached hydrogen (secondary N) is 2. The Morgan fingerprint density at radius 2 is 1.81 bits per heavy atom. The van der Waals surface area contributed by atoms with E-state index in [1.165, 1.54) is 12.3 Å². The van der Waals surface area contributed by atoms with Crippen molar-refractivity contribution >= 4 is 39.5 Å². The summed E-state index contributed by atoms with van der Waals surface area (Å²) in [4.78, 5) is 25.3. The molecule has 0 unspecified atom stereocenters. The van der Waals surface area contributed by atoms with Crippen LogP contribution in [0.2, 0.25) is 0 Å². The van der Waals surface area contributed by atoms with Gasteiger partial charge in [-0.1, -0.05) is 24.3 Å². The number of furan rings is 1. The molecule has 0 fully saturated rings. The molecule has 0 bridgehead atoms. The number of halogens is 1. The van der Waals surface area contributed by atoms with Crippen molar-refractivity contribution in [1.29, 1.82) is 0 Å². The zero-order chi connectivity index (χ0) is 19.2. The van der Waals surface area contributed by atoms with Gasteiger partial charge in [0.25, 0.3) is 11.8 Å². The van der Waals surface area contributed by atoms with Crippen LogP contribution < -0.4 is 10.6 Å². The molecule has 0 spiro atoms. The quantitative estimate of drug-likeness (QED) is 0.579. The van der Waals surface area contributed by atoms with Crippen LogP contribution in [0.3, 0.4) is 0 Å². The third kappa shape index (κ3) is 4.95. The zero-order valence-corrected chi connectivity index (χ0v) is 16.1. The van der Waals surface area contributed by atoms with E-state index in [0.29, 0.717) is 17.0 Å². The summed E-state index contributed by atoms with van der Waals surface area (Å²) in [5.41, 5.74) is 2.19. The van der Waals surface area contributed by atoms with Crippen LogP contribution in [0.1, 0.15) is 21.7 Å². The fourth-order valence-corrected chi connectivity index (χ4v) is 2.96. The smallest absolute Gasteiger partial charge is 0.272 e. The van der Waals surface area contributed by atoms with Crippen molar-refractivity contribution < 1.29 is 14.0 Å². The Morgan fingerprint density at radius 1 is 1.04 bits per heavy atom. The Balaban J connectivity index is 1.85. The second kappa shape index (κ2) is 8.51. The first-order chi connectivity index (χ1) is 13.0. The number of rotatable bonds is 5.